The van der Waals surface area contributed by atoms with Gasteiger partial charge in [0.1, 0.15) is 0 Å². The van der Waals surface area contributed by atoms with Crippen LogP contribution in [0.15, 0.2) is 12.1 Å². The van der Waals surface area contributed by atoms with Crippen molar-refractivity contribution >= 4 is 11.9 Å². The predicted molar refractivity (Wildman–Crippen MR) is 69.2 cm³/mol. The average molecular weight is 299 g/mol. The number of hydrogen-bond donors (Lipinski definition) is 2. The average Bonchev–Trinajstić information content (AvgIpc) is 2.86. The number of carbonyl (C=O) groups is 2. The number of ether oxygens (including phenoxy) is 1. The van der Waals surface area contributed by atoms with E-state index in [0.29, 0.717) is 18.7 Å². The van der Waals surface area contributed by atoms with Crippen molar-refractivity contribution in [1.82, 2.24) is 5.32 Å². The Bertz CT molecular complexity index is 583. The fraction of sp³-hybridized carbons (Fsp3) is 0.429. The topological polar surface area (TPSA) is 75.6 Å². The van der Waals surface area contributed by atoms with E-state index < -0.39 is 40.2 Å². The summed E-state index contributed by atoms with van der Waals surface area (Å²) in [6.45, 7) is 2.59. The van der Waals surface area contributed by atoms with Crippen molar-refractivity contribution in [2.75, 3.05) is 13.2 Å². The first-order chi connectivity index (χ1) is 9.82. The van der Waals surface area contributed by atoms with Crippen LogP contribution in [0, 0.1) is 11.6 Å². The second-order valence-electron chi connectivity index (χ2n) is 5.20. The Labute approximate surface area is 119 Å². The molecule has 5 nitrogen and oxygen atoms in total. The zero-order chi connectivity index (χ0) is 15.6. The molecule has 1 aromatic carbocycles. The van der Waals surface area contributed by atoms with Crippen molar-refractivity contribution in [3.8, 4) is 0 Å². The molecule has 1 saturated heterocycles. The first kappa shape index (κ1) is 15.4. The first-order valence-corrected chi connectivity index (χ1v) is 6.47. The van der Waals surface area contributed by atoms with Crippen molar-refractivity contribution in [3.05, 3.63) is 34.9 Å². The number of carbonyl (C=O) groups excluding carboxylic acids is 1. The van der Waals surface area contributed by atoms with Crippen molar-refractivity contribution in [3.63, 3.8) is 0 Å². The summed E-state index contributed by atoms with van der Waals surface area (Å²) in [5, 5.41) is 11.5. The standard InChI is InChI=1S/C14H15F2NO4/c1-14(3-2-4-21-14)7-17-12(18)8-5-10(15)11(16)6-9(8)13(19)20/h5-6H,2-4,7H2,1H3,(H,17,18)(H,19,20). The van der Waals surface area contributed by atoms with E-state index in [-0.39, 0.29) is 6.54 Å². The third-order valence-electron chi connectivity index (χ3n) is 3.46. The molecule has 114 valence electrons. The number of amides is 1. The molecule has 2 N–H and O–H groups in total. The van der Waals surface area contributed by atoms with Crippen LogP contribution in [-0.4, -0.2) is 35.7 Å². The quantitative estimate of drug-likeness (QED) is 0.891. The molecule has 0 bridgehead atoms. The van der Waals surface area contributed by atoms with Crippen molar-refractivity contribution in [2.24, 2.45) is 0 Å². The number of rotatable bonds is 4. The molecule has 0 aromatic heterocycles. The maximum absolute atomic E-state index is 13.2. The van der Waals surface area contributed by atoms with E-state index in [1.807, 2.05) is 6.92 Å². The molecule has 0 radical (unpaired) electrons. The minimum Gasteiger partial charge on any atom is -0.478 e. The molecule has 1 amide bonds. The van der Waals surface area contributed by atoms with Crippen LogP contribution >= 0.6 is 0 Å². The van der Waals surface area contributed by atoms with E-state index in [2.05, 4.69) is 5.32 Å². The Morgan fingerprint density at radius 3 is 2.48 bits per heavy atom. The number of benzene rings is 1. The summed E-state index contributed by atoms with van der Waals surface area (Å²) in [5.74, 6) is -4.85. The molecule has 1 unspecified atom stereocenters. The highest BCUT2D eigenvalue weighted by Gasteiger charge is 2.31. The smallest absolute Gasteiger partial charge is 0.336 e. The van der Waals surface area contributed by atoms with Crippen LogP contribution in [0.5, 0.6) is 0 Å². The van der Waals surface area contributed by atoms with Crippen LogP contribution in [-0.2, 0) is 4.74 Å². The highest BCUT2D eigenvalue weighted by Crippen LogP contribution is 2.24. The van der Waals surface area contributed by atoms with E-state index in [9.17, 15) is 18.4 Å². The predicted octanol–water partition coefficient (Wildman–Crippen LogP) is 1.96. The summed E-state index contributed by atoms with van der Waals surface area (Å²) in [4.78, 5) is 23.0. The molecule has 1 aliphatic rings. The first-order valence-electron chi connectivity index (χ1n) is 6.47. The van der Waals surface area contributed by atoms with Gasteiger partial charge < -0.3 is 15.2 Å². The summed E-state index contributed by atoms with van der Waals surface area (Å²) >= 11 is 0. The Hall–Kier alpha value is -2.02. The normalized spacial score (nSPS) is 21.3. The van der Waals surface area contributed by atoms with Gasteiger partial charge in [0, 0.05) is 13.2 Å². The van der Waals surface area contributed by atoms with E-state index in [4.69, 9.17) is 9.84 Å². The molecular weight excluding hydrogens is 284 g/mol. The van der Waals surface area contributed by atoms with Crippen LogP contribution in [0.4, 0.5) is 8.78 Å². The number of carboxylic acid groups (broad SMARTS) is 1. The van der Waals surface area contributed by atoms with Crippen LogP contribution in [0.1, 0.15) is 40.5 Å². The van der Waals surface area contributed by atoms with Gasteiger partial charge in [0.05, 0.1) is 16.7 Å². The molecule has 7 heteroatoms. The van der Waals surface area contributed by atoms with E-state index in [1.54, 1.807) is 0 Å². The van der Waals surface area contributed by atoms with Crippen LogP contribution in [0.25, 0.3) is 0 Å². The lowest BCUT2D eigenvalue weighted by Gasteiger charge is -2.23. The Balaban J connectivity index is 2.18. The molecule has 1 fully saturated rings. The minimum atomic E-state index is -1.50. The Morgan fingerprint density at radius 2 is 1.95 bits per heavy atom. The number of hydrogen-bond acceptors (Lipinski definition) is 3. The van der Waals surface area contributed by atoms with E-state index >= 15 is 0 Å². The second kappa shape index (κ2) is 5.77. The number of aromatic carboxylic acids is 1. The number of carboxylic acids is 1. The molecule has 0 spiro atoms. The summed E-state index contributed by atoms with van der Waals surface area (Å²) in [5.41, 5.74) is -1.51. The fourth-order valence-electron chi connectivity index (χ4n) is 2.25. The number of nitrogens with one attached hydrogen (secondary N) is 1. The van der Waals surface area contributed by atoms with Gasteiger partial charge in [-0.1, -0.05) is 0 Å². The largest absolute Gasteiger partial charge is 0.478 e. The van der Waals surface area contributed by atoms with Crippen LogP contribution in [0.2, 0.25) is 0 Å². The molecule has 1 aliphatic heterocycles. The minimum absolute atomic E-state index is 0.171. The molecule has 2 rings (SSSR count). The van der Waals surface area contributed by atoms with E-state index in [0.717, 1.165) is 12.8 Å². The molecule has 21 heavy (non-hydrogen) atoms. The molecule has 0 saturated carbocycles. The van der Waals surface area contributed by atoms with Gasteiger partial charge in [0.25, 0.3) is 5.91 Å². The van der Waals surface area contributed by atoms with Crippen molar-refractivity contribution < 1.29 is 28.2 Å². The van der Waals surface area contributed by atoms with Gasteiger partial charge in [0.15, 0.2) is 11.6 Å². The van der Waals surface area contributed by atoms with Gasteiger partial charge in [-0.2, -0.15) is 0 Å². The third kappa shape index (κ3) is 3.36. The third-order valence-corrected chi connectivity index (χ3v) is 3.46. The van der Waals surface area contributed by atoms with Gasteiger partial charge >= 0.3 is 5.97 Å². The summed E-state index contributed by atoms with van der Waals surface area (Å²) in [6.07, 6.45) is 1.63. The van der Waals surface area contributed by atoms with Gasteiger partial charge in [-0.3, -0.25) is 4.79 Å². The van der Waals surface area contributed by atoms with Crippen molar-refractivity contribution in [1.29, 1.82) is 0 Å². The zero-order valence-corrected chi connectivity index (χ0v) is 11.4. The molecule has 1 aromatic rings. The van der Waals surface area contributed by atoms with E-state index in [1.165, 1.54) is 0 Å². The lowest BCUT2D eigenvalue weighted by Crippen LogP contribution is -2.40. The molecular formula is C14H15F2NO4. The maximum Gasteiger partial charge on any atom is 0.336 e. The van der Waals surface area contributed by atoms with Gasteiger partial charge in [-0.15, -0.1) is 0 Å². The van der Waals surface area contributed by atoms with Crippen LogP contribution < -0.4 is 5.32 Å². The lowest BCUT2D eigenvalue weighted by atomic mass is 10.0. The molecule has 0 aliphatic carbocycles. The highest BCUT2D eigenvalue weighted by atomic mass is 19.2. The van der Waals surface area contributed by atoms with Crippen LogP contribution in [0.3, 0.4) is 0 Å². The lowest BCUT2D eigenvalue weighted by molar-refractivity contribution is 0.0206. The second-order valence-corrected chi connectivity index (χ2v) is 5.20. The molecule has 1 heterocycles. The number of halogens is 2. The monoisotopic (exact) mass is 299 g/mol. The summed E-state index contributed by atoms with van der Waals surface area (Å²) < 4.78 is 31.8. The summed E-state index contributed by atoms with van der Waals surface area (Å²) in [7, 11) is 0. The Morgan fingerprint density at radius 1 is 1.33 bits per heavy atom. The molecule has 1 atom stereocenters. The van der Waals surface area contributed by atoms with Crippen molar-refractivity contribution in [2.45, 2.75) is 25.4 Å². The SMILES string of the molecule is CC1(CNC(=O)c2cc(F)c(F)cc2C(=O)O)CCCO1. The van der Waals surface area contributed by atoms with Gasteiger partial charge in [-0.25, -0.2) is 13.6 Å². The Kier molecular flexibility index (Phi) is 4.22. The highest BCUT2D eigenvalue weighted by molar-refractivity contribution is 6.04. The maximum atomic E-state index is 13.2. The zero-order valence-electron chi connectivity index (χ0n) is 11.4. The van der Waals surface area contributed by atoms with Gasteiger partial charge in [0.2, 0.25) is 0 Å². The van der Waals surface area contributed by atoms with Gasteiger partial charge in [-0.05, 0) is 31.9 Å². The fourth-order valence-corrected chi connectivity index (χ4v) is 2.25. The summed E-state index contributed by atoms with van der Waals surface area (Å²) in [6, 6.07) is 1.09.